The van der Waals surface area contributed by atoms with Gasteiger partial charge in [0.2, 0.25) is 11.7 Å². The summed E-state index contributed by atoms with van der Waals surface area (Å²) in [6.45, 7) is 4.56. The summed E-state index contributed by atoms with van der Waals surface area (Å²) in [5.74, 6) is 0.347. The number of alkyl halides is 3. The average molecular weight is 357 g/mol. The molecule has 6 nitrogen and oxygen atoms in total. The van der Waals surface area contributed by atoms with Gasteiger partial charge in [-0.25, -0.2) is 0 Å². The van der Waals surface area contributed by atoms with Crippen LogP contribution in [-0.2, 0) is 0 Å². The average Bonchev–Trinajstić information content (AvgIpc) is 3.12. The maximum absolute atomic E-state index is 12.2. The summed E-state index contributed by atoms with van der Waals surface area (Å²) in [6, 6.07) is 5.27. The zero-order chi connectivity index (χ0) is 18.2. The first-order chi connectivity index (χ1) is 11.7. The second-order valence-electron chi connectivity index (χ2n) is 6.22. The first-order valence-corrected chi connectivity index (χ1v) is 7.86. The van der Waals surface area contributed by atoms with Gasteiger partial charge in [-0.3, -0.25) is 4.90 Å². The molecule has 2 heterocycles. The zero-order valence-electron chi connectivity index (χ0n) is 13.7. The number of aliphatic hydroxyl groups is 1. The van der Waals surface area contributed by atoms with Crippen LogP contribution < -0.4 is 4.74 Å². The number of ether oxygens (including phenoxy) is 1. The molecule has 0 aliphatic carbocycles. The summed E-state index contributed by atoms with van der Waals surface area (Å²) in [7, 11) is 0. The minimum absolute atomic E-state index is 0.177. The van der Waals surface area contributed by atoms with Gasteiger partial charge in [0.05, 0.1) is 12.1 Å². The van der Waals surface area contributed by atoms with Crippen LogP contribution in [-0.4, -0.2) is 45.2 Å². The molecule has 1 fully saturated rings. The van der Waals surface area contributed by atoms with E-state index in [9.17, 15) is 18.3 Å². The minimum Gasteiger partial charge on any atom is -0.406 e. The van der Waals surface area contributed by atoms with E-state index in [1.807, 2.05) is 13.8 Å². The van der Waals surface area contributed by atoms with Gasteiger partial charge in [0.25, 0.3) is 0 Å². The first-order valence-electron chi connectivity index (χ1n) is 7.86. The molecule has 9 heteroatoms. The molecule has 1 aromatic heterocycles. The van der Waals surface area contributed by atoms with E-state index in [1.165, 1.54) is 24.3 Å². The van der Waals surface area contributed by atoms with Gasteiger partial charge in [0.1, 0.15) is 5.75 Å². The van der Waals surface area contributed by atoms with E-state index in [0.29, 0.717) is 24.4 Å². The van der Waals surface area contributed by atoms with Gasteiger partial charge in [0, 0.05) is 18.2 Å². The monoisotopic (exact) mass is 357 g/mol. The third kappa shape index (κ3) is 4.10. The molecule has 2 atom stereocenters. The SMILES string of the molecule is CC(C)N1C[C@H](O)C[C@H]1c1nc(-c2ccc(OC(F)(F)F)cc2)no1. The Morgan fingerprint density at radius 1 is 1.28 bits per heavy atom. The van der Waals surface area contributed by atoms with Crippen LogP contribution in [0.1, 0.15) is 32.2 Å². The normalized spacial score (nSPS) is 21.9. The van der Waals surface area contributed by atoms with Crippen molar-refractivity contribution in [2.24, 2.45) is 0 Å². The Labute approximate surface area is 142 Å². The fourth-order valence-electron chi connectivity index (χ4n) is 2.95. The largest absolute Gasteiger partial charge is 0.573 e. The van der Waals surface area contributed by atoms with Crippen molar-refractivity contribution >= 4 is 0 Å². The first kappa shape index (κ1) is 17.7. The maximum Gasteiger partial charge on any atom is 0.573 e. The zero-order valence-corrected chi connectivity index (χ0v) is 13.7. The predicted molar refractivity (Wildman–Crippen MR) is 81.6 cm³/mol. The highest BCUT2D eigenvalue weighted by molar-refractivity contribution is 5.55. The van der Waals surface area contributed by atoms with Crippen LogP contribution in [0.3, 0.4) is 0 Å². The van der Waals surface area contributed by atoms with E-state index in [0.717, 1.165) is 0 Å². The highest BCUT2D eigenvalue weighted by atomic mass is 19.4. The Morgan fingerprint density at radius 3 is 2.56 bits per heavy atom. The van der Waals surface area contributed by atoms with Gasteiger partial charge >= 0.3 is 6.36 Å². The number of β-amino-alcohol motifs (C(OH)–C–C–N with tert-alkyl or cyclic N) is 1. The van der Waals surface area contributed by atoms with E-state index in [4.69, 9.17) is 4.52 Å². The van der Waals surface area contributed by atoms with Gasteiger partial charge in [-0.2, -0.15) is 4.98 Å². The predicted octanol–water partition coefficient (Wildman–Crippen LogP) is 3.15. The Bertz CT molecular complexity index is 715. The van der Waals surface area contributed by atoms with Crippen LogP contribution in [0.2, 0.25) is 0 Å². The molecular formula is C16H18F3N3O3. The van der Waals surface area contributed by atoms with Crippen molar-refractivity contribution in [3.63, 3.8) is 0 Å². The van der Waals surface area contributed by atoms with Crippen molar-refractivity contribution in [3.05, 3.63) is 30.2 Å². The molecule has 3 rings (SSSR count). The van der Waals surface area contributed by atoms with E-state index >= 15 is 0 Å². The molecule has 0 radical (unpaired) electrons. The van der Waals surface area contributed by atoms with Crippen LogP contribution in [0.25, 0.3) is 11.4 Å². The molecule has 1 aliphatic heterocycles. The fraction of sp³-hybridized carbons (Fsp3) is 0.500. The summed E-state index contributed by atoms with van der Waals surface area (Å²) in [6.07, 6.45) is -4.69. The van der Waals surface area contributed by atoms with Gasteiger partial charge in [0.15, 0.2) is 0 Å². The van der Waals surface area contributed by atoms with E-state index in [2.05, 4.69) is 19.8 Å². The number of hydrogen-bond donors (Lipinski definition) is 1. The molecule has 0 saturated carbocycles. The number of benzene rings is 1. The fourth-order valence-corrected chi connectivity index (χ4v) is 2.95. The molecular weight excluding hydrogens is 339 g/mol. The highest BCUT2D eigenvalue weighted by Crippen LogP contribution is 2.34. The Morgan fingerprint density at radius 2 is 1.96 bits per heavy atom. The number of halogens is 3. The number of aromatic nitrogens is 2. The molecule has 0 amide bonds. The maximum atomic E-state index is 12.2. The minimum atomic E-state index is -4.73. The molecule has 2 aromatic rings. The molecule has 136 valence electrons. The van der Waals surface area contributed by atoms with Crippen molar-refractivity contribution in [3.8, 4) is 17.1 Å². The Kier molecular flexibility index (Phi) is 4.70. The van der Waals surface area contributed by atoms with E-state index in [-0.39, 0.29) is 23.7 Å². The summed E-state index contributed by atoms with van der Waals surface area (Å²) in [5, 5.41) is 13.8. The van der Waals surface area contributed by atoms with Gasteiger partial charge < -0.3 is 14.4 Å². The third-order valence-corrected chi connectivity index (χ3v) is 4.05. The Hall–Kier alpha value is -2.13. The van der Waals surface area contributed by atoms with Crippen molar-refractivity contribution in [2.75, 3.05) is 6.54 Å². The molecule has 25 heavy (non-hydrogen) atoms. The molecule has 1 N–H and O–H groups in total. The van der Waals surface area contributed by atoms with Crippen molar-refractivity contribution in [2.45, 2.75) is 44.8 Å². The summed E-state index contributed by atoms with van der Waals surface area (Å²) < 4.78 is 45.7. The lowest BCUT2D eigenvalue weighted by Gasteiger charge is -2.25. The number of hydrogen-bond acceptors (Lipinski definition) is 6. The van der Waals surface area contributed by atoms with Crippen LogP contribution >= 0.6 is 0 Å². The quantitative estimate of drug-likeness (QED) is 0.906. The lowest BCUT2D eigenvalue weighted by atomic mass is 10.2. The third-order valence-electron chi connectivity index (χ3n) is 4.05. The van der Waals surface area contributed by atoms with E-state index < -0.39 is 12.5 Å². The van der Waals surface area contributed by atoms with Crippen molar-refractivity contribution < 1.29 is 27.5 Å². The van der Waals surface area contributed by atoms with Gasteiger partial charge in [-0.05, 0) is 44.5 Å². The summed E-state index contributed by atoms with van der Waals surface area (Å²) in [5.41, 5.74) is 0.513. The number of likely N-dealkylation sites (tertiary alicyclic amines) is 1. The van der Waals surface area contributed by atoms with Crippen molar-refractivity contribution in [1.82, 2.24) is 15.0 Å². The number of rotatable bonds is 4. The van der Waals surface area contributed by atoms with Crippen LogP contribution in [0.4, 0.5) is 13.2 Å². The molecule has 1 saturated heterocycles. The number of nitrogens with zero attached hydrogens (tertiary/aromatic N) is 3. The molecule has 0 unspecified atom stereocenters. The summed E-state index contributed by atoms with van der Waals surface area (Å²) >= 11 is 0. The van der Waals surface area contributed by atoms with Crippen LogP contribution in [0.5, 0.6) is 5.75 Å². The second kappa shape index (κ2) is 6.64. The molecule has 1 aliphatic rings. The van der Waals surface area contributed by atoms with E-state index in [1.54, 1.807) is 0 Å². The highest BCUT2D eigenvalue weighted by Gasteiger charge is 2.37. The van der Waals surface area contributed by atoms with Crippen LogP contribution in [0.15, 0.2) is 28.8 Å². The lowest BCUT2D eigenvalue weighted by molar-refractivity contribution is -0.274. The Balaban J connectivity index is 1.77. The standard InChI is InChI=1S/C16H18F3N3O3/c1-9(2)22-8-11(23)7-13(22)15-20-14(21-25-15)10-3-5-12(6-4-10)24-16(17,18)19/h3-6,9,11,13,23H,7-8H2,1-2H3/t11-,13+/m1/s1. The summed E-state index contributed by atoms with van der Waals surface area (Å²) in [4.78, 5) is 6.41. The van der Waals surface area contributed by atoms with Gasteiger partial charge in [-0.15, -0.1) is 13.2 Å². The molecule has 1 aromatic carbocycles. The smallest absolute Gasteiger partial charge is 0.406 e. The molecule has 0 bridgehead atoms. The number of aliphatic hydroxyl groups excluding tert-OH is 1. The van der Waals surface area contributed by atoms with Crippen LogP contribution in [0, 0.1) is 0 Å². The lowest BCUT2D eigenvalue weighted by Crippen LogP contribution is -2.31. The second-order valence-corrected chi connectivity index (χ2v) is 6.22. The van der Waals surface area contributed by atoms with Crippen molar-refractivity contribution in [1.29, 1.82) is 0 Å². The topological polar surface area (TPSA) is 71.6 Å². The molecule has 0 spiro atoms. The van der Waals surface area contributed by atoms with Gasteiger partial charge in [-0.1, -0.05) is 5.16 Å².